The van der Waals surface area contributed by atoms with Crippen LogP contribution in [0.5, 0.6) is 0 Å². The van der Waals surface area contributed by atoms with Gasteiger partial charge >= 0.3 is 0 Å². The van der Waals surface area contributed by atoms with Crippen LogP contribution in [0, 0.1) is 13.8 Å². The van der Waals surface area contributed by atoms with Crippen LogP contribution in [0.4, 0.5) is 5.69 Å². The second-order valence-corrected chi connectivity index (χ2v) is 6.28. The number of aryl methyl sites for hydroxylation is 2. The van der Waals surface area contributed by atoms with Gasteiger partial charge in [0.1, 0.15) is 0 Å². The molecule has 2 rings (SSSR count). The maximum Gasteiger partial charge on any atom is 0.259 e. The van der Waals surface area contributed by atoms with Gasteiger partial charge in [-0.2, -0.15) is 5.10 Å². The molecule has 5 heteroatoms. The van der Waals surface area contributed by atoms with Crippen LogP contribution in [0.1, 0.15) is 23.6 Å². The van der Waals surface area contributed by atoms with E-state index in [1.807, 2.05) is 63.2 Å². The Kier molecular flexibility index (Phi) is 5.93. The highest BCUT2D eigenvalue weighted by Gasteiger charge is 2.05. The molecule has 2 aromatic carbocycles. The maximum absolute atomic E-state index is 11.9. The number of hydrogen-bond acceptors (Lipinski definition) is 3. The summed E-state index contributed by atoms with van der Waals surface area (Å²) in [4.78, 5) is 11.9. The Labute approximate surface area is 145 Å². The van der Waals surface area contributed by atoms with Gasteiger partial charge in [-0.15, -0.1) is 0 Å². The fourth-order valence-corrected chi connectivity index (χ4v) is 2.47. The molecule has 0 bridgehead atoms. The van der Waals surface area contributed by atoms with Gasteiger partial charge in [0.15, 0.2) is 0 Å². The van der Waals surface area contributed by atoms with Crippen LogP contribution in [0.2, 0.25) is 0 Å². The van der Waals surface area contributed by atoms with E-state index in [0.29, 0.717) is 0 Å². The first kappa shape index (κ1) is 17.2. The van der Waals surface area contributed by atoms with Crippen LogP contribution in [0.3, 0.4) is 0 Å². The van der Waals surface area contributed by atoms with Gasteiger partial charge in [0.25, 0.3) is 5.91 Å². The highest BCUT2D eigenvalue weighted by molar-refractivity contribution is 9.10. The van der Waals surface area contributed by atoms with E-state index in [1.165, 1.54) is 0 Å². The van der Waals surface area contributed by atoms with Crippen molar-refractivity contribution >= 4 is 33.2 Å². The number of amides is 1. The molecule has 23 heavy (non-hydrogen) atoms. The smallest absolute Gasteiger partial charge is 0.259 e. The summed E-state index contributed by atoms with van der Waals surface area (Å²) in [6.07, 6.45) is 0. The van der Waals surface area contributed by atoms with Crippen molar-refractivity contribution in [3.8, 4) is 0 Å². The van der Waals surface area contributed by atoms with E-state index in [1.54, 1.807) is 0 Å². The summed E-state index contributed by atoms with van der Waals surface area (Å²) in [7, 11) is 0. The van der Waals surface area contributed by atoms with Crippen molar-refractivity contribution in [1.29, 1.82) is 0 Å². The first-order chi connectivity index (χ1) is 11.0. The number of hydrogen-bond donors (Lipinski definition) is 2. The van der Waals surface area contributed by atoms with Gasteiger partial charge in [0.2, 0.25) is 0 Å². The van der Waals surface area contributed by atoms with Crippen molar-refractivity contribution in [3.63, 3.8) is 0 Å². The zero-order chi connectivity index (χ0) is 16.8. The summed E-state index contributed by atoms with van der Waals surface area (Å²) in [5, 5.41) is 7.31. The average molecular weight is 374 g/mol. The quantitative estimate of drug-likeness (QED) is 0.614. The van der Waals surface area contributed by atoms with Crippen molar-refractivity contribution in [2.75, 3.05) is 11.9 Å². The monoisotopic (exact) mass is 373 g/mol. The van der Waals surface area contributed by atoms with Crippen LogP contribution in [-0.4, -0.2) is 18.2 Å². The number of para-hydroxylation sites is 1. The number of carbonyl (C=O) groups is 1. The molecule has 0 aromatic heterocycles. The predicted molar refractivity (Wildman–Crippen MR) is 98.9 cm³/mol. The van der Waals surface area contributed by atoms with Gasteiger partial charge in [-0.3, -0.25) is 4.79 Å². The Morgan fingerprint density at radius 1 is 1.09 bits per heavy atom. The molecule has 0 saturated carbocycles. The van der Waals surface area contributed by atoms with Crippen LogP contribution in [0.25, 0.3) is 0 Å². The lowest BCUT2D eigenvalue weighted by Gasteiger charge is -2.11. The predicted octanol–water partition coefficient (Wildman–Crippen LogP) is 4.02. The van der Waals surface area contributed by atoms with Crippen LogP contribution in [-0.2, 0) is 4.79 Å². The third kappa shape index (κ3) is 4.93. The summed E-state index contributed by atoms with van der Waals surface area (Å²) in [5.74, 6) is -0.177. The van der Waals surface area contributed by atoms with E-state index in [2.05, 4.69) is 31.8 Å². The maximum atomic E-state index is 11.9. The number of nitrogens with one attached hydrogen (secondary N) is 2. The summed E-state index contributed by atoms with van der Waals surface area (Å²) < 4.78 is 1.01. The fraction of sp³-hybridized carbons (Fsp3) is 0.222. The van der Waals surface area contributed by atoms with Crippen molar-refractivity contribution in [1.82, 2.24) is 5.43 Å². The molecule has 0 saturated heterocycles. The number of halogens is 1. The van der Waals surface area contributed by atoms with Crippen LogP contribution < -0.4 is 10.7 Å². The van der Waals surface area contributed by atoms with E-state index < -0.39 is 0 Å². The molecule has 0 atom stereocenters. The van der Waals surface area contributed by atoms with Gasteiger partial charge in [0, 0.05) is 10.2 Å². The van der Waals surface area contributed by atoms with Gasteiger partial charge in [-0.25, -0.2) is 5.43 Å². The summed E-state index contributed by atoms with van der Waals surface area (Å²) in [6, 6.07) is 13.8. The highest BCUT2D eigenvalue weighted by atomic mass is 79.9. The number of carbonyl (C=O) groups excluding carboxylic acids is 1. The molecule has 0 radical (unpaired) electrons. The molecule has 0 heterocycles. The molecule has 120 valence electrons. The number of hydrazone groups is 1. The number of nitrogens with zero attached hydrogens (tertiary/aromatic N) is 1. The molecule has 2 aromatic rings. The van der Waals surface area contributed by atoms with Crippen LogP contribution >= 0.6 is 15.9 Å². The lowest BCUT2D eigenvalue weighted by molar-refractivity contribution is -0.119. The van der Waals surface area contributed by atoms with Gasteiger partial charge in [0.05, 0.1) is 12.3 Å². The summed E-state index contributed by atoms with van der Waals surface area (Å²) >= 11 is 3.39. The molecule has 0 aliphatic carbocycles. The summed E-state index contributed by atoms with van der Waals surface area (Å²) in [6.45, 7) is 6.08. The Morgan fingerprint density at radius 3 is 2.30 bits per heavy atom. The molecule has 4 nitrogen and oxygen atoms in total. The number of benzene rings is 2. The Morgan fingerprint density at radius 2 is 1.70 bits per heavy atom. The minimum atomic E-state index is -0.177. The molecule has 0 unspecified atom stereocenters. The van der Waals surface area contributed by atoms with E-state index in [-0.39, 0.29) is 12.5 Å². The van der Waals surface area contributed by atoms with Gasteiger partial charge in [-0.1, -0.05) is 46.3 Å². The third-order valence-corrected chi connectivity index (χ3v) is 4.05. The van der Waals surface area contributed by atoms with Crippen molar-refractivity contribution < 1.29 is 4.79 Å². The Bertz CT molecular complexity index is 703. The highest BCUT2D eigenvalue weighted by Crippen LogP contribution is 2.18. The topological polar surface area (TPSA) is 53.5 Å². The molecule has 0 fully saturated rings. The van der Waals surface area contributed by atoms with Crippen molar-refractivity contribution in [2.45, 2.75) is 20.8 Å². The lowest BCUT2D eigenvalue weighted by atomic mass is 10.1. The minimum absolute atomic E-state index is 0.177. The fourth-order valence-electron chi connectivity index (χ4n) is 2.20. The van der Waals surface area contributed by atoms with E-state index in [9.17, 15) is 4.79 Å². The van der Waals surface area contributed by atoms with Gasteiger partial charge in [-0.05, 0) is 49.6 Å². The largest absolute Gasteiger partial charge is 0.376 e. The summed E-state index contributed by atoms with van der Waals surface area (Å²) in [5.41, 5.74) is 7.54. The normalized spacial score (nSPS) is 11.2. The first-order valence-electron chi connectivity index (χ1n) is 7.36. The van der Waals surface area contributed by atoms with E-state index in [4.69, 9.17) is 0 Å². The average Bonchev–Trinajstić information content (AvgIpc) is 2.53. The molecular formula is C18H20BrN3O. The second kappa shape index (κ2) is 7.92. The van der Waals surface area contributed by atoms with E-state index >= 15 is 0 Å². The Hall–Kier alpha value is -2.14. The molecule has 0 aliphatic rings. The van der Waals surface area contributed by atoms with Crippen molar-refractivity contribution in [2.24, 2.45) is 5.10 Å². The molecular weight excluding hydrogens is 354 g/mol. The molecule has 0 spiro atoms. The van der Waals surface area contributed by atoms with Gasteiger partial charge < -0.3 is 5.32 Å². The standard InChI is InChI=1S/C18H20BrN3O/c1-12-5-4-6-13(2)18(12)20-11-17(23)22-21-14(3)15-7-9-16(19)10-8-15/h4-10,20H,11H2,1-3H3,(H,22,23)/b21-14+. The lowest BCUT2D eigenvalue weighted by Crippen LogP contribution is -2.27. The SMILES string of the molecule is C/C(=N\NC(=O)CNc1c(C)cccc1C)c1ccc(Br)cc1. The van der Waals surface area contributed by atoms with Crippen LogP contribution in [0.15, 0.2) is 52.0 Å². The minimum Gasteiger partial charge on any atom is -0.376 e. The number of anilines is 1. The first-order valence-corrected chi connectivity index (χ1v) is 8.16. The molecule has 1 amide bonds. The number of rotatable bonds is 5. The third-order valence-electron chi connectivity index (χ3n) is 3.52. The second-order valence-electron chi connectivity index (χ2n) is 5.36. The zero-order valence-corrected chi connectivity index (χ0v) is 15.1. The zero-order valence-electron chi connectivity index (χ0n) is 13.5. The Balaban J connectivity index is 1.92. The molecule has 0 aliphatic heterocycles. The van der Waals surface area contributed by atoms with E-state index in [0.717, 1.165) is 32.6 Å². The molecule has 2 N–H and O–H groups in total. The van der Waals surface area contributed by atoms with Crippen molar-refractivity contribution in [3.05, 3.63) is 63.6 Å².